The molecule has 39 heavy (non-hydrogen) atoms. The summed E-state index contributed by atoms with van der Waals surface area (Å²) in [7, 11) is -3.58. The van der Waals surface area contributed by atoms with Gasteiger partial charge in [0.15, 0.2) is 0 Å². The van der Waals surface area contributed by atoms with Gasteiger partial charge in [0.25, 0.3) is 0 Å². The second-order valence-electron chi connectivity index (χ2n) is 11.1. The Morgan fingerprint density at radius 3 is 1.28 bits per heavy atom. The zero-order valence-corrected chi connectivity index (χ0v) is 24.8. The van der Waals surface area contributed by atoms with Crippen LogP contribution >= 0.6 is 0 Å². The number of benzene rings is 4. The number of hydrogen-bond donors (Lipinski definition) is 0. The smallest absolute Gasteiger partial charge is 0.206 e. The maximum atomic E-state index is 13.3. The Bertz CT molecular complexity index is 1480. The van der Waals surface area contributed by atoms with E-state index in [1.54, 1.807) is 24.3 Å². The molecule has 0 saturated heterocycles. The molecule has 4 heteroatoms. The van der Waals surface area contributed by atoms with Gasteiger partial charge in [-0.25, -0.2) is 8.42 Å². The van der Waals surface area contributed by atoms with Crippen molar-refractivity contribution in [1.29, 1.82) is 0 Å². The summed E-state index contributed by atoms with van der Waals surface area (Å²) >= 11 is 0. The predicted octanol–water partition coefficient (Wildman–Crippen LogP) is 9.50. The van der Waals surface area contributed by atoms with E-state index >= 15 is 0 Å². The monoisotopic (exact) mass is 540 g/mol. The molecule has 0 heterocycles. The van der Waals surface area contributed by atoms with E-state index in [0.717, 1.165) is 47.3 Å². The molecule has 4 aromatic carbocycles. The molecule has 0 aliphatic heterocycles. The molecule has 0 spiro atoms. The van der Waals surface area contributed by atoms with Crippen LogP contribution in [0.4, 0.5) is 0 Å². The van der Waals surface area contributed by atoms with Crippen molar-refractivity contribution in [3.8, 4) is 28.0 Å². The average molecular weight is 541 g/mol. The van der Waals surface area contributed by atoms with E-state index in [1.807, 2.05) is 36.4 Å². The first-order chi connectivity index (χ1) is 18.5. The Labute approximate surface area is 234 Å². The zero-order chi connectivity index (χ0) is 28.3. The molecule has 0 radical (unpaired) electrons. The molecule has 0 bridgehead atoms. The fourth-order valence-electron chi connectivity index (χ4n) is 4.62. The van der Waals surface area contributed by atoms with E-state index in [1.165, 1.54) is 5.56 Å². The summed E-state index contributed by atoms with van der Waals surface area (Å²) in [6, 6.07) is 31.1. The summed E-state index contributed by atoms with van der Waals surface area (Å²) in [5.41, 5.74) is 5.30. The minimum Gasteiger partial charge on any atom is -0.488 e. The van der Waals surface area contributed by atoms with Crippen molar-refractivity contribution in [1.82, 2.24) is 0 Å². The lowest BCUT2D eigenvalue weighted by Crippen LogP contribution is -2.26. The Morgan fingerprint density at radius 1 is 0.538 bits per heavy atom. The minimum absolute atomic E-state index is 0.0587. The highest BCUT2D eigenvalue weighted by Crippen LogP contribution is 2.33. The van der Waals surface area contributed by atoms with Crippen LogP contribution in [0.2, 0.25) is 0 Å². The Morgan fingerprint density at radius 2 is 0.897 bits per heavy atom. The molecule has 0 atom stereocenters. The lowest BCUT2D eigenvalue weighted by molar-refractivity contribution is 0.105. The summed E-state index contributed by atoms with van der Waals surface area (Å²) in [6.07, 6.45) is 2.96. The number of sulfone groups is 1. The molecule has 0 unspecified atom stereocenters. The second-order valence-corrected chi connectivity index (χ2v) is 13.1. The van der Waals surface area contributed by atoms with Gasteiger partial charge in [-0.05, 0) is 103 Å². The molecular formula is C35H40O3S. The van der Waals surface area contributed by atoms with E-state index in [4.69, 9.17) is 4.74 Å². The highest BCUT2D eigenvalue weighted by molar-refractivity contribution is 7.91. The van der Waals surface area contributed by atoms with Gasteiger partial charge >= 0.3 is 0 Å². The molecule has 4 rings (SSSR count). The first kappa shape index (κ1) is 28.6. The van der Waals surface area contributed by atoms with Gasteiger partial charge in [-0.2, -0.15) is 0 Å². The van der Waals surface area contributed by atoms with E-state index < -0.39 is 9.84 Å². The highest BCUT2D eigenvalue weighted by Gasteiger charge is 2.24. The molecule has 0 N–H and O–H groups in total. The fourth-order valence-corrected chi connectivity index (χ4v) is 5.88. The molecule has 0 aliphatic rings. The van der Waals surface area contributed by atoms with Crippen LogP contribution in [0.3, 0.4) is 0 Å². The Kier molecular flexibility index (Phi) is 8.37. The van der Waals surface area contributed by atoms with Gasteiger partial charge in [0.2, 0.25) is 9.84 Å². The third-order valence-corrected chi connectivity index (χ3v) is 10.0. The third kappa shape index (κ3) is 6.28. The molecular weight excluding hydrogens is 500 g/mol. The summed E-state index contributed by atoms with van der Waals surface area (Å²) in [6.45, 7) is 12.9. The van der Waals surface area contributed by atoms with Gasteiger partial charge in [0.1, 0.15) is 11.4 Å². The molecule has 4 aromatic rings. The van der Waals surface area contributed by atoms with Crippen LogP contribution < -0.4 is 4.74 Å². The van der Waals surface area contributed by atoms with Crippen molar-refractivity contribution < 1.29 is 13.2 Å². The Balaban J connectivity index is 1.49. The molecule has 0 aromatic heterocycles. The standard InChI is InChI=1S/C35H40O3S/c1-7-34(4,5)38-31-20-14-28(15-21-31)26-10-12-27(13-11-26)29-16-22-32(23-17-29)39(36,37)33-24-18-30(19-25-33)35(6,8-2)9-3/h10-25H,7-9H2,1-6H3. The first-order valence-corrected chi connectivity index (χ1v) is 15.4. The average Bonchev–Trinajstić information content (AvgIpc) is 2.97. The topological polar surface area (TPSA) is 43.4 Å². The van der Waals surface area contributed by atoms with Gasteiger partial charge in [-0.15, -0.1) is 0 Å². The van der Waals surface area contributed by atoms with Crippen molar-refractivity contribution in [2.75, 3.05) is 0 Å². The van der Waals surface area contributed by atoms with Crippen molar-refractivity contribution in [2.45, 2.75) is 81.6 Å². The number of rotatable bonds is 10. The third-order valence-electron chi connectivity index (χ3n) is 8.24. The van der Waals surface area contributed by atoms with Crippen LogP contribution in [-0.4, -0.2) is 14.0 Å². The molecule has 0 saturated carbocycles. The molecule has 0 aliphatic carbocycles. The fraction of sp³-hybridized carbons (Fsp3) is 0.314. The van der Waals surface area contributed by atoms with Crippen LogP contribution in [0, 0.1) is 0 Å². The Hall–Kier alpha value is -3.37. The maximum absolute atomic E-state index is 13.3. The van der Waals surface area contributed by atoms with Crippen LogP contribution in [-0.2, 0) is 15.3 Å². The van der Waals surface area contributed by atoms with Gasteiger partial charge in [-0.1, -0.05) is 88.4 Å². The van der Waals surface area contributed by atoms with Gasteiger partial charge < -0.3 is 4.74 Å². The summed E-state index contributed by atoms with van der Waals surface area (Å²) < 4.78 is 32.6. The van der Waals surface area contributed by atoms with Gasteiger partial charge in [-0.3, -0.25) is 0 Å². The summed E-state index contributed by atoms with van der Waals surface area (Å²) in [4.78, 5) is 0.630. The van der Waals surface area contributed by atoms with Crippen LogP contribution in [0.1, 0.15) is 66.4 Å². The molecule has 0 amide bonds. The first-order valence-electron chi connectivity index (χ1n) is 13.9. The van der Waals surface area contributed by atoms with Gasteiger partial charge in [0.05, 0.1) is 9.79 Å². The summed E-state index contributed by atoms with van der Waals surface area (Å²) in [5.74, 6) is 0.869. The molecule has 0 fully saturated rings. The van der Waals surface area contributed by atoms with Crippen molar-refractivity contribution in [3.05, 3.63) is 103 Å². The summed E-state index contributed by atoms with van der Waals surface area (Å²) in [5, 5.41) is 0. The van der Waals surface area contributed by atoms with Crippen LogP contribution in [0.25, 0.3) is 22.3 Å². The molecule has 204 valence electrons. The lowest BCUT2D eigenvalue weighted by atomic mass is 9.78. The minimum atomic E-state index is -3.58. The SMILES string of the molecule is CCC(C)(C)Oc1ccc(-c2ccc(-c3ccc(S(=O)(=O)c4ccc(C(C)(CC)CC)cc4)cc3)cc2)cc1. The predicted molar refractivity (Wildman–Crippen MR) is 162 cm³/mol. The number of ether oxygens (including phenoxy) is 1. The van der Waals surface area contributed by atoms with Crippen LogP contribution in [0.5, 0.6) is 5.75 Å². The van der Waals surface area contributed by atoms with E-state index in [0.29, 0.717) is 9.79 Å². The quantitative estimate of drug-likeness (QED) is 0.201. The van der Waals surface area contributed by atoms with E-state index in [9.17, 15) is 8.42 Å². The van der Waals surface area contributed by atoms with Crippen molar-refractivity contribution in [3.63, 3.8) is 0 Å². The van der Waals surface area contributed by atoms with Gasteiger partial charge in [0, 0.05) is 0 Å². The number of hydrogen-bond acceptors (Lipinski definition) is 3. The van der Waals surface area contributed by atoms with Crippen molar-refractivity contribution >= 4 is 9.84 Å². The second kappa shape index (κ2) is 11.4. The zero-order valence-electron chi connectivity index (χ0n) is 24.0. The lowest BCUT2D eigenvalue weighted by Gasteiger charge is -2.27. The van der Waals surface area contributed by atoms with Crippen molar-refractivity contribution in [2.24, 2.45) is 0 Å². The van der Waals surface area contributed by atoms with E-state index in [-0.39, 0.29) is 11.0 Å². The normalized spacial score (nSPS) is 12.4. The highest BCUT2D eigenvalue weighted by atomic mass is 32.2. The van der Waals surface area contributed by atoms with E-state index in [2.05, 4.69) is 77.9 Å². The van der Waals surface area contributed by atoms with Crippen LogP contribution in [0.15, 0.2) is 107 Å². The maximum Gasteiger partial charge on any atom is 0.206 e. The molecule has 3 nitrogen and oxygen atoms in total. The largest absolute Gasteiger partial charge is 0.488 e.